The molecular weight excluding hydrogens is 376 g/mol. The number of carbonyl (C=O) groups is 2. The predicted octanol–water partition coefficient (Wildman–Crippen LogP) is 2.58. The molecule has 0 saturated heterocycles. The first-order valence-corrected chi connectivity index (χ1v) is 9.22. The van der Waals surface area contributed by atoms with Gasteiger partial charge in [-0.05, 0) is 23.8 Å². The Hall–Kier alpha value is -3.22. The minimum atomic E-state index is -0.845. The van der Waals surface area contributed by atoms with E-state index in [0.717, 1.165) is 11.1 Å². The summed E-state index contributed by atoms with van der Waals surface area (Å²) in [5.41, 5.74) is 2.86. The molecule has 0 unspecified atom stereocenters. The van der Waals surface area contributed by atoms with Crippen molar-refractivity contribution in [3.8, 4) is 17.2 Å². The van der Waals surface area contributed by atoms with Crippen LogP contribution in [0.4, 0.5) is 0 Å². The summed E-state index contributed by atoms with van der Waals surface area (Å²) in [7, 11) is 5.67. The minimum Gasteiger partial charge on any atom is -0.508 e. The van der Waals surface area contributed by atoms with Crippen molar-refractivity contribution in [2.45, 2.75) is 11.8 Å². The molecule has 29 heavy (non-hydrogen) atoms. The zero-order valence-electron chi connectivity index (χ0n) is 16.6. The van der Waals surface area contributed by atoms with E-state index in [9.17, 15) is 14.7 Å². The summed E-state index contributed by atoms with van der Waals surface area (Å²) in [6.07, 6.45) is 0. The van der Waals surface area contributed by atoms with Gasteiger partial charge in [0.05, 0.1) is 40.3 Å². The number of phenolic OH excluding ortho intramolecular Hbond substituents is 1. The fourth-order valence-electron chi connectivity index (χ4n) is 5.06. The average Bonchev–Trinajstić information content (AvgIpc) is 2.76. The van der Waals surface area contributed by atoms with Crippen LogP contribution in [0, 0.1) is 11.8 Å². The third-order valence-electron chi connectivity index (χ3n) is 6.08. The molecule has 0 aliphatic heterocycles. The highest BCUT2D eigenvalue weighted by Gasteiger charge is 2.59. The van der Waals surface area contributed by atoms with Crippen molar-refractivity contribution in [2.24, 2.45) is 11.8 Å². The lowest BCUT2D eigenvalue weighted by atomic mass is 9.53. The summed E-state index contributed by atoms with van der Waals surface area (Å²) in [5.74, 6) is -2.77. The molecular formula is C22H22O7. The fraction of sp³-hybridized carbons (Fsp3) is 0.364. The summed E-state index contributed by atoms with van der Waals surface area (Å²) in [4.78, 5) is 25.8. The number of rotatable bonds is 4. The SMILES string of the molecule is COC(=O)[C@@H]1[C@H]2c3cccc(OC)c3[C@H](c3c(OC)ccc(O)c32)[C@@H]1C(=O)OC. The van der Waals surface area contributed by atoms with E-state index >= 15 is 0 Å². The zero-order valence-corrected chi connectivity index (χ0v) is 16.6. The smallest absolute Gasteiger partial charge is 0.310 e. The minimum absolute atomic E-state index is 0.0430. The van der Waals surface area contributed by atoms with Gasteiger partial charge in [0.15, 0.2) is 0 Å². The lowest BCUT2D eigenvalue weighted by Gasteiger charge is -2.48. The van der Waals surface area contributed by atoms with E-state index < -0.39 is 35.6 Å². The summed E-state index contributed by atoms with van der Waals surface area (Å²) >= 11 is 0. The molecule has 0 spiro atoms. The van der Waals surface area contributed by atoms with Crippen molar-refractivity contribution < 1.29 is 33.6 Å². The molecule has 0 radical (unpaired) electrons. The monoisotopic (exact) mass is 398 g/mol. The van der Waals surface area contributed by atoms with Crippen LogP contribution < -0.4 is 9.47 Å². The van der Waals surface area contributed by atoms with E-state index in [0.29, 0.717) is 22.6 Å². The van der Waals surface area contributed by atoms with E-state index in [2.05, 4.69) is 0 Å². The number of esters is 2. The third-order valence-corrected chi connectivity index (χ3v) is 6.08. The van der Waals surface area contributed by atoms with Gasteiger partial charge in [-0.25, -0.2) is 0 Å². The molecule has 0 fully saturated rings. The van der Waals surface area contributed by atoms with Gasteiger partial charge in [0.25, 0.3) is 0 Å². The lowest BCUT2D eigenvalue weighted by Crippen LogP contribution is -2.48. The molecule has 0 saturated carbocycles. The Morgan fingerprint density at radius 1 is 0.759 bits per heavy atom. The van der Waals surface area contributed by atoms with Crippen LogP contribution in [0.25, 0.3) is 0 Å². The maximum absolute atomic E-state index is 12.9. The Labute approximate surface area is 168 Å². The van der Waals surface area contributed by atoms with Crippen LogP contribution in [0.15, 0.2) is 30.3 Å². The largest absolute Gasteiger partial charge is 0.508 e. The van der Waals surface area contributed by atoms with Gasteiger partial charge in [-0.3, -0.25) is 9.59 Å². The van der Waals surface area contributed by atoms with Gasteiger partial charge in [0.2, 0.25) is 0 Å². The third kappa shape index (κ3) is 2.50. The van der Waals surface area contributed by atoms with E-state index in [1.165, 1.54) is 21.3 Å². The first-order chi connectivity index (χ1) is 14.0. The lowest BCUT2D eigenvalue weighted by molar-refractivity contribution is -0.160. The van der Waals surface area contributed by atoms with Crippen molar-refractivity contribution in [3.63, 3.8) is 0 Å². The molecule has 152 valence electrons. The second-order valence-corrected chi connectivity index (χ2v) is 7.13. The van der Waals surface area contributed by atoms with Crippen LogP contribution in [0.5, 0.6) is 17.2 Å². The first kappa shape index (κ1) is 19.1. The highest BCUT2D eigenvalue weighted by molar-refractivity contribution is 5.89. The Morgan fingerprint density at radius 3 is 1.93 bits per heavy atom. The molecule has 3 aliphatic carbocycles. The molecule has 7 nitrogen and oxygen atoms in total. The number of methoxy groups -OCH3 is 4. The molecule has 0 amide bonds. The van der Waals surface area contributed by atoms with Crippen molar-refractivity contribution >= 4 is 11.9 Å². The van der Waals surface area contributed by atoms with Gasteiger partial charge in [-0.15, -0.1) is 0 Å². The number of fused-ring (bicyclic) bond motifs is 1. The van der Waals surface area contributed by atoms with Gasteiger partial charge in [-0.1, -0.05) is 12.1 Å². The Balaban J connectivity index is 2.13. The number of benzene rings is 2. The maximum Gasteiger partial charge on any atom is 0.310 e. The number of aromatic hydroxyl groups is 1. The second kappa shape index (κ2) is 6.99. The molecule has 5 rings (SSSR count). The number of hydrogen-bond donors (Lipinski definition) is 1. The number of hydrogen-bond acceptors (Lipinski definition) is 7. The van der Waals surface area contributed by atoms with E-state index in [1.54, 1.807) is 19.2 Å². The molecule has 0 aromatic heterocycles. The van der Waals surface area contributed by atoms with Crippen molar-refractivity contribution in [3.05, 3.63) is 52.6 Å². The molecule has 4 atom stereocenters. The highest BCUT2D eigenvalue weighted by atomic mass is 16.5. The molecule has 0 heterocycles. The number of ether oxygens (including phenoxy) is 4. The first-order valence-electron chi connectivity index (χ1n) is 9.22. The van der Waals surface area contributed by atoms with E-state index in [4.69, 9.17) is 18.9 Å². The van der Waals surface area contributed by atoms with Crippen LogP contribution in [0.2, 0.25) is 0 Å². The average molecular weight is 398 g/mol. The molecule has 3 aliphatic rings. The van der Waals surface area contributed by atoms with Gasteiger partial charge in [0, 0.05) is 28.5 Å². The van der Waals surface area contributed by atoms with Crippen LogP contribution in [0.3, 0.4) is 0 Å². The maximum atomic E-state index is 12.9. The van der Waals surface area contributed by atoms with Gasteiger partial charge in [-0.2, -0.15) is 0 Å². The Morgan fingerprint density at radius 2 is 1.34 bits per heavy atom. The number of carbonyl (C=O) groups excluding carboxylic acids is 2. The van der Waals surface area contributed by atoms with Crippen LogP contribution in [-0.4, -0.2) is 45.5 Å². The summed E-state index contributed by atoms with van der Waals surface area (Å²) in [6.45, 7) is 0. The molecule has 2 bridgehead atoms. The molecule has 2 aromatic rings. The Bertz CT molecular complexity index is 997. The van der Waals surface area contributed by atoms with Crippen molar-refractivity contribution in [1.82, 2.24) is 0 Å². The normalized spacial score (nSPS) is 23.6. The molecule has 1 N–H and O–H groups in total. The van der Waals surface area contributed by atoms with Crippen molar-refractivity contribution in [1.29, 1.82) is 0 Å². The quantitative estimate of drug-likeness (QED) is 0.792. The topological polar surface area (TPSA) is 91.3 Å². The van der Waals surface area contributed by atoms with Crippen LogP contribution in [-0.2, 0) is 19.1 Å². The van der Waals surface area contributed by atoms with E-state index in [-0.39, 0.29) is 5.75 Å². The van der Waals surface area contributed by atoms with E-state index in [1.807, 2.05) is 18.2 Å². The van der Waals surface area contributed by atoms with Gasteiger partial charge < -0.3 is 24.1 Å². The summed E-state index contributed by atoms with van der Waals surface area (Å²) in [6, 6.07) is 8.73. The fourth-order valence-corrected chi connectivity index (χ4v) is 5.06. The van der Waals surface area contributed by atoms with Gasteiger partial charge >= 0.3 is 11.9 Å². The zero-order chi connectivity index (χ0) is 20.9. The van der Waals surface area contributed by atoms with Gasteiger partial charge in [0.1, 0.15) is 17.2 Å². The number of phenols is 1. The second-order valence-electron chi connectivity index (χ2n) is 7.13. The summed E-state index contributed by atoms with van der Waals surface area (Å²) < 4.78 is 21.3. The summed E-state index contributed by atoms with van der Waals surface area (Å²) in [5, 5.41) is 10.7. The van der Waals surface area contributed by atoms with Crippen LogP contribution >= 0.6 is 0 Å². The molecule has 2 aromatic carbocycles. The predicted molar refractivity (Wildman–Crippen MR) is 102 cm³/mol. The standard InChI is InChI=1S/C22H22O7/c1-26-12-7-5-6-10-14(12)18-17-13(27-2)9-8-11(23)16(17)15(10)19(21(24)28-3)20(18)22(25)29-4/h5-9,15,18-20,23H,1-4H3/t15-,18+,19+,20-/m0/s1. The van der Waals surface area contributed by atoms with Crippen LogP contribution in [0.1, 0.15) is 34.1 Å². The molecule has 7 heteroatoms. The highest BCUT2D eigenvalue weighted by Crippen LogP contribution is 2.64. The Kier molecular flexibility index (Phi) is 4.61. The van der Waals surface area contributed by atoms with Crippen molar-refractivity contribution in [2.75, 3.05) is 28.4 Å².